The van der Waals surface area contributed by atoms with E-state index < -0.39 is 29.3 Å². The van der Waals surface area contributed by atoms with Crippen LogP contribution in [-0.2, 0) is 14.3 Å². The summed E-state index contributed by atoms with van der Waals surface area (Å²) < 4.78 is 10.2. The maximum absolute atomic E-state index is 11.6. The second-order valence-corrected chi connectivity index (χ2v) is 6.16. The van der Waals surface area contributed by atoms with E-state index in [0.717, 1.165) is 0 Å². The lowest BCUT2D eigenvalue weighted by atomic mass is 10.1. The molecule has 0 rings (SSSR count). The van der Waals surface area contributed by atoms with Gasteiger partial charge in [-0.05, 0) is 41.5 Å². The Morgan fingerprint density at radius 3 is 1.95 bits per heavy atom. The Labute approximate surface area is 115 Å². The van der Waals surface area contributed by atoms with Crippen molar-refractivity contribution in [2.75, 3.05) is 0 Å². The molecule has 1 amide bonds. The first-order chi connectivity index (χ1) is 8.43. The van der Waals surface area contributed by atoms with E-state index in [9.17, 15) is 9.59 Å². The number of ether oxygens (including phenoxy) is 2. The summed E-state index contributed by atoms with van der Waals surface area (Å²) in [4.78, 5) is 23.1. The fourth-order valence-corrected chi connectivity index (χ4v) is 1.15. The molecule has 108 valence electrons. The van der Waals surface area contributed by atoms with Crippen molar-refractivity contribution in [1.29, 1.82) is 0 Å². The van der Waals surface area contributed by atoms with E-state index in [1.54, 1.807) is 41.5 Å². The largest absolute Gasteiger partial charge is 0.460 e. The molecule has 1 N–H and O–H groups in total. The fraction of sp³-hybridized carbons (Fsp3) is 0.714. The standard InChI is InChI=1S/C14H23NO4/c1-8-10(9-11(16)18-13(2,3)4)15-12(17)19-14(5,6)7/h1,10H,9H2,2-7H3,(H,15,17). The molecule has 0 saturated heterocycles. The minimum absolute atomic E-state index is 0.0903. The van der Waals surface area contributed by atoms with E-state index in [0.29, 0.717) is 0 Å². The number of hydrogen-bond donors (Lipinski definition) is 1. The average molecular weight is 269 g/mol. The van der Waals surface area contributed by atoms with Crippen molar-refractivity contribution in [2.45, 2.75) is 65.2 Å². The van der Waals surface area contributed by atoms with E-state index in [1.807, 2.05) is 0 Å². The van der Waals surface area contributed by atoms with Crippen LogP contribution in [0.1, 0.15) is 48.0 Å². The first-order valence-electron chi connectivity index (χ1n) is 6.10. The zero-order valence-electron chi connectivity index (χ0n) is 12.5. The molecule has 0 heterocycles. The lowest BCUT2D eigenvalue weighted by molar-refractivity contribution is -0.155. The van der Waals surface area contributed by atoms with Gasteiger partial charge in [-0.1, -0.05) is 5.92 Å². The second kappa shape index (κ2) is 6.46. The predicted molar refractivity (Wildman–Crippen MR) is 72.5 cm³/mol. The summed E-state index contributed by atoms with van der Waals surface area (Å²) in [5, 5.41) is 2.44. The van der Waals surface area contributed by atoms with Gasteiger partial charge in [0.2, 0.25) is 0 Å². The molecule has 0 aromatic rings. The molecule has 5 nitrogen and oxygen atoms in total. The zero-order chi connectivity index (χ0) is 15.3. The highest BCUT2D eigenvalue weighted by Crippen LogP contribution is 2.10. The van der Waals surface area contributed by atoms with Crippen LogP contribution >= 0.6 is 0 Å². The SMILES string of the molecule is C#CC(CC(=O)OC(C)(C)C)NC(=O)OC(C)(C)C. The van der Waals surface area contributed by atoms with Crippen LogP contribution in [0.25, 0.3) is 0 Å². The number of rotatable bonds is 3. The third kappa shape index (κ3) is 9.95. The smallest absolute Gasteiger partial charge is 0.408 e. The molecule has 0 saturated carbocycles. The Bertz CT molecular complexity index is 338. The topological polar surface area (TPSA) is 64.6 Å². The predicted octanol–water partition coefficient (Wildman–Crippen LogP) is 2.24. The van der Waals surface area contributed by atoms with Gasteiger partial charge in [0, 0.05) is 0 Å². The number of esters is 1. The van der Waals surface area contributed by atoms with Gasteiger partial charge in [0.1, 0.15) is 17.2 Å². The van der Waals surface area contributed by atoms with Gasteiger partial charge in [-0.25, -0.2) is 4.79 Å². The fourth-order valence-electron chi connectivity index (χ4n) is 1.15. The molecule has 1 atom stereocenters. The number of carbonyl (C=O) groups excluding carboxylic acids is 2. The van der Waals surface area contributed by atoms with E-state index in [1.165, 1.54) is 0 Å². The average Bonchev–Trinajstić information content (AvgIpc) is 2.10. The molecule has 1 unspecified atom stereocenters. The summed E-state index contributed by atoms with van der Waals surface area (Å²) >= 11 is 0. The van der Waals surface area contributed by atoms with Gasteiger partial charge < -0.3 is 14.8 Å². The third-order valence-corrected chi connectivity index (χ3v) is 1.68. The Morgan fingerprint density at radius 1 is 1.11 bits per heavy atom. The van der Waals surface area contributed by atoms with Crippen LogP contribution < -0.4 is 5.32 Å². The summed E-state index contributed by atoms with van der Waals surface area (Å²) in [6.07, 6.45) is 4.52. The van der Waals surface area contributed by atoms with Crippen molar-refractivity contribution in [1.82, 2.24) is 5.32 Å². The normalized spacial score (nSPS) is 13.1. The van der Waals surface area contributed by atoms with Crippen molar-refractivity contribution in [3.63, 3.8) is 0 Å². The molecule has 0 aliphatic carbocycles. The van der Waals surface area contributed by atoms with Crippen LogP contribution in [0.2, 0.25) is 0 Å². The summed E-state index contributed by atoms with van der Waals surface area (Å²) in [6.45, 7) is 10.5. The highest BCUT2D eigenvalue weighted by Gasteiger charge is 2.22. The van der Waals surface area contributed by atoms with Crippen molar-refractivity contribution < 1.29 is 19.1 Å². The molecule has 19 heavy (non-hydrogen) atoms. The molecule has 0 radical (unpaired) electrons. The van der Waals surface area contributed by atoms with Crippen LogP contribution in [0.3, 0.4) is 0 Å². The molecule has 0 spiro atoms. The zero-order valence-corrected chi connectivity index (χ0v) is 12.5. The van der Waals surface area contributed by atoms with Crippen molar-refractivity contribution in [3.8, 4) is 12.3 Å². The summed E-state index contributed by atoms with van der Waals surface area (Å²) in [5.41, 5.74) is -1.20. The first kappa shape index (κ1) is 17.3. The minimum Gasteiger partial charge on any atom is -0.460 e. The Morgan fingerprint density at radius 2 is 1.58 bits per heavy atom. The van der Waals surface area contributed by atoms with Crippen LogP contribution in [0.4, 0.5) is 4.79 Å². The lowest BCUT2D eigenvalue weighted by Crippen LogP contribution is -2.40. The molecule has 0 fully saturated rings. The Kier molecular flexibility index (Phi) is 5.88. The Balaban J connectivity index is 4.35. The quantitative estimate of drug-likeness (QED) is 0.630. The van der Waals surface area contributed by atoms with Crippen LogP contribution in [-0.4, -0.2) is 29.3 Å². The molecule has 0 aliphatic rings. The number of terminal acetylenes is 1. The number of alkyl carbamates (subject to hydrolysis) is 1. The van der Waals surface area contributed by atoms with E-state index in [-0.39, 0.29) is 6.42 Å². The molecule has 0 aromatic heterocycles. The molecule has 0 aliphatic heterocycles. The number of nitrogens with one attached hydrogen (secondary N) is 1. The van der Waals surface area contributed by atoms with Crippen molar-refractivity contribution in [2.24, 2.45) is 0 Å². The number of hydrogen-bond acceptors (Lipinski definition) is 4. The van der Waals surface area contributed by atoms with Crippen molar-refractivity contribution >= 4 is 12.1 Å². The van der Waals surface area contributed by atoms with E-state index >= 15 is 0 Å². The van der Waals surface area contributed by atoms with Gasteiger partial charge in [0.25, 0.3) is 0 Å². The molecular weight excluding hydrogens is 246 g/mol. The van der Waals surface area contributed by atoms with Gasteiger partial charge in [-0.3, -0.25) is 4.79 Å². The molecular formula is C14H23NO4. The maximum Gasteiger partial charge on any atom is 0.408 e. The lowest BCUT2D eigenvalue weighted by Gasteiger charge is -2.23. The Hall–Kier alpha value is -1.70. The van der Waals surface area contributed by atoms with Crippen LogP contribution in [0, 0.1) is 12.3 Å². The highest BCUT2D eigenvalue weighted by molar-refractivity contribution is 5.74. The van der Waals surface area contributed by atoms with Gasteiger partial charge in [-0.2, -0.15) is 0 Å². The van der Waals surface area contributed by atoms with Crippen LogP contribution in [0.15, 0.2) is 0 Å². The second-order valence-electron chi connectivity index (χ2n) is 6.16. The molecule has 0 aromatic carbocycles. The van der Waals surface area contributed by atoms with Crippen molar-refractivity contribution in [3.05, 3.63) is 0 Å². The van der Waals surface area contributed by atoms with Gasteiger partial charge in [0.15, 0.2) is 0 Å². The monoisotopic (exact) mass is 269 g/mol. The van der Waals surface area contributed by atoms with Gasteiger partial charge in [0.05, 0.1) is 6.42 Å². The van der Waals surface area contributed by atoms with Crippen LogP contribution in [0.5, 0.6) is 0 Å². The maximum atomic E-state index is 11.6. The number of carbonyl (C=O) groups is 2. The van der Waals surface area contributed by atoms with E-state index in [4.69, 9.17) is 15.9 Å². The highest BCUT2D eigenvalue weighted by atomic mass is 16.6. The third-order valence-electron chi connectivity index (χ3n) is 1.68. The van der Waals surface area contributed by atoms with Gasteiger partial charge >= 0.3 is 12.1 Å². The molecule has 0 bridgehead atoms. The van der Waals surface area contributed by atoms with E-state index in [2.05, 4.69) is 11.2 Å². The summed E-state index contributed by atoms with van der Waals surface area (Å²) in [6, 6.07) is -0.746. The number of amides is 1. The summed E-state index contributed by atoms with van der Waals surface area (Å²) in [5.74, 6) is 1.86. The molecule has 5 heteroatoms. The minimum atomic E-state index is -0.746. The van der Waals surface area contributed by atoms with Gasteiger partial charge in [-0.15, -0.1) is 6.42 Å². The summed E-state index contributed by atoms with van der Waals surface area (Å²) in [7, 11) is 0. The first-order valence-corrected chi connectivity index (χ1v) is 6.10.